The highest BCUT2D eigenvalue weighted by Crippen LogP contribution is 2.38. The van der Waals surface area contributed by atoms with Crippen molar-refractivity contribution in [2.45, 2.75) is 83.3 Å². The van der Waals surface area contributed by atoms with Crippen LogP contribution in [0.2, 0.25) is 0 Å². The van der Waals surface area contributed by atoms with Crippen LogP contribution in [-0.4, -0.2) is 20.0 Å². The monoisotopic (exact) mass is 344 g/mol. The molecule has 0 radical (unpaired) electrons. The first-order chi connectivity index (χ1) is 12.3. The van der Waals surface area contributed by atoms with Crippen LogP contribution in [-0.2, 0) is 15.9 Å². The molecule has 0 amide bonds. The van der Waals surface area contributed by atoms with Crippen molar-refractivity contribution in [3.8, 4) is 0 Å². The average Bonchev–Trinajstić information content (AvgIpc) is 2.68. The van der Waals surface area contributed by atoms with Crippen LogP contribution in [0, 0.1) is 11.8 Å². The van der Waals surface area contributed by atoms with Gasteiger partial charge in [-0.2, -0.15) is 0 Å². The Morgan fingerprint density at radius 3 is 2.20 bits per heavy atom. The van der Waals surface area contributed by atoms with Gasteiger partial charge in [0, 0.05) is 7.11 Å². The van der Waals surface area contributed by atoms with Crippen molar-refractivity contribution < 1.29 is 9.47 Å². The van der Waals surface area contributed by atoms with E-state index in [0.29, 0.717) is 0 Å². The average molecular weight is 345 g/mol. The summed E-state index contributed by atoms with van der Waals surface area (Å²) in [5.41, 5.74) is 3.06. The van der Waals surface area contributed by atoms with Gasteiger partial charge < -0.3 is 9.47 Å². The van der Waals surface area contributed by atoms with Crippen molar-refractivity contribution in [1.82, 2.24) is 0 Å². The second-order valence-corrected chi connectivity index (χ2v) is 8.23. The van der Waals surface area contributed by atoms with Crippen LogP contribution in [0.15, 0.2) is 24.3 Å². The van der Waals surface area contributed by atoms with E-state index in [9.17, 15) is 0 Å². The number of benzene rings is 1. The molecule has 2 heteroatoms. The van der Waals surface area contributed by atoms with E-state index >= 15 is 0 Å². The van der Waals surface area contributed by atoms with Crippen LogP contribution < -0.4 is 0 Å². The molecule has 1 heterocycles. The predicted octanol–water partition coefficient (Wildman–Crippen LogP) is 6.09. The molecule has 0 spiro atoms. The molecule has 3 rings (SSSR count). The Balaban J connectivity index is 1.37. The van der Waals surface area contributed by atoms with Crippen molar-refractivity contribution in [2.75, 3.05) is 13.7 Å². The molecule has 1 aliphatic carbocycles. The first kappa shape index (κ1) is 18.9. The number of rotatable bonds is 7. The number of ether oxygens (including phenoxy) is 2. The quantitative estimate of drug-likeness (QED) is 0.595. The first-order valence-corrected chi connectivity index (χ1v) is 10.5. The fourth-order valence-electron chi connectivity index (χ4n) is 4.70. The molecular weight excluding hydrogens is 308 g/mol. The second-order valence-electron chi connectivity index (χ2n) is 8.23. The standard InChI is InChI=1S/C23H36O2/c1-3-4-18-7-12-21(13-8-18)22-14-9-19(10-15-22)5-6-20-11-16-23(24-2)25-17-20/h7-8,12-13,19-20,22-23H,3-6,9-11,14-17H2,1-2H3. The van der Waals surface area contributed by atoms with Crippen molar-refractivity contribution >= 4 is 0 Å². The summed E-state index contributed by atoms with van der Waals surface area (Å²) in [7, 11) is 1.75. The molecule has 140 valence electrons. The van der Waals surface area contributed by atoms with Crippen molar-refractivity contribution in [1.29, 1.82) is 0 Å². The summed E-state index contributed by atoms with van der Waals surface area (Å²) in [6, 6.07) is 9.48. The minimum Gasteiger partial charge on any atom is -0.356 e. The Kier molecular flexibility index (Phi) is 7.36. The molecule has 2 atom stereocenters. The van der Waals surface area contributed by atoms with E-state index in [1.165, 1.54) is 63.4 Å². The Labute approximate surface area is 154 Å². The smallest absolute Gasteiger partial charge is 0.157 e. The fourth-order valence-corrected chi connectivity index (χ4v) is 4.70. The molecule has 2 nitrogen and oxygen atoms in total. The Hall–Kier alpha value is -0.860. The molecule has 1 aromatic carbocycles. The van der Waals surface area contributed by atoms with Gasteiger partial charge in [-0.05, 0) is 80.2 Å². The highest BCUT2D eigenvalue weighted by atomic mass is 16.7. The summed E-state index contributed by atoms with van der Waals surface area (Å²) < 4.78 is 11.0. The summed E-state index contributed by atoms with van der Waals surface area (Å²) in [4.78, 5) is 0. The van der Waals surface area contributed by atoms with Crippen LogP contribution in [0.5, 0.6) is 0 Å². The normalized spacial score (nSPS) is 30.3. The summed E-state index contributed by atoms with van der Waals surface area (Å²) >= 11 is 0. The SMILES string of the molecule is CCCc1ccc(C2CCC(CCC3CCC(OC)OC3)CC2)cc1. The summed E-state index contributed by atoms with van der Waals surface area (Å²) in [6.45, 7) is 3.16. The van der Waals surface area contributed by atoms with Crippen LogP contribution in [0.1, 0.15) is 81.8 Å². The predicted molar refractivity (Wildman–Crippen MR) is 104 cm³/mol. The van der Waals surface area contributed by atoms with E-state index in [0.717, 1.165) is 30.8 Å². The van der Waals surface area contributed by atoms with Crippen molar-refractivity contribution in [3.05, 3.63) is 35.4 Å². The van der Waals surface area contributed by atoms with Gasteiger partial charge in [-0.25, -0.2) is 0 Å². The molecule has 1 saturated heterocycles. The van der Waals surface area contributed by atoms with Crippen molar-refractivity contribution in [3.63, 3.8) is 0 Å². The maximum Gasteiger partial charge on any atom is 0.157 e. The van der Waals surface area contributed by atoms with Crippen LogP contribution in [0.25, 0.3) is 0 Å². The minimum atomic E-state index is 0.0513. The molecule has 0 aromatic heterocycles. The Morgan fingerprint density at radius 2 is 1.60 bits per heavy atom. The minimum absolute atomic E-state index is 0.0513. The van der Waals surface area contributed by atoms with Gasteiger partial charge in [0.15, 0.2) is 6.29 Å². The Morgan fingerprint density at radius 1 is 0.920 bits per heavy atom. The molecule has 2 unspecified atom stereocenters. The lowest BCUT2D eigenvalue weighted by Gasteiger charge is -2.32. The van der Waals surface area contributed by atoms with Gasteiger partial charge in [0.2, 0.25) is 0 Å². The van der Waals surface area contributed by atoms with Gasteiger partial charge in [0.05, 0.1) is 6.61 Å². The molecule has 2 fully saturated rings. The maximum atomic E-state index is 5.76. The topological polar surface area (TPSA) is 18.5 Å². The second kappa shape index (κ2) is 9.73. The highest BCUT2D eigenvalue weighted by molar-refractivity contribution is 5.25. The summed E-state index contributed by atoms with van der Waals surface area (Å²) in [5.74, 6) is 2.50. The molecule has 0 bridgehead atoms. The number of methoxy groups -OCH3 is 1. The summed E-state index contributed by atoms with van der Waals surface area (Å²) in [6.07, 6.45) is 13.2. The van der Waals surface area contributed by atoms with Crippen LogP contribution >= 0.6 is 0 Å². The van der Waals surface area contributed by atoms with E-state index in [2.05, 4.69) is 31.2 Å². The molecule has 2 aliphatic rings. The van der Waals surface area contributed by atoms with Crippen LogP contribution in [0.3, 0.4) is 0 Å². The van der Waals surface area contributed by atoms with Gasteiger partial charge in [-0.3, -0.25) is 0 Å². The third kappa shape index (κ3) is 5.56. The molecule has 1 aromatic rings. The number of aryl methyl sites for hydroxylation is 1. The largest absolute Gasteiger partial charge is 0.356 e. The molecular formula is C23H36O2. The van der Waals surface area contributed by atoms with E-state index in [4.69, 9.17) is 9.47 Å². The van der Waals surface area contributed by atoms with Gasteiger partial charge >= 0.3 is 0 Å². The Bertz CT molecular complexity index is 479. The van der Waals surface area contributed by atoms with Crippen LogP contribution in [0.4, 0.5) is 0 Å². The number of hydrogen-bond acceptors (Lipinski definition) is 2. The van der Waals surface area contributed by atoms with Gasteiger partial charge in [-0.1, -0.05) is 44.0 Å². The highest BCUT2D eigenvalue weighted by Gasteiger charge is 2.25. The van der Waals surface area contributed by atoms with E-state index < -0.39 is 0 Å². The van der Waals surface area contributed by atoms with E-state index in [1.807, 2.05) is 0 Å². The number of hydrogen-bond donors (Lipinski definition) is 0. The molecule has 1 aliphatic heterocycles. The third-order valence-corrected chi connectivity index (χ3v) is 6.41. The zero-order valence-electron chi connectivity index (χ0n) is 16.2. The molecule has 0 N–H and O–H groups in total. The molecule has 1 saturated carbocycles. The summed E-state index contributed by atoms with van der Waals surface area (Å²) in [5, 5.41) is 0. The first-order valence-electron chi connectivity index (χ1n) is 10.5. The third-order valence-electron chi connectivity index (χ3n) is 6.41. The molecule has 25 heavy (non-hydrogen) atoms. The van der Waals surface area contributed by atoms with E-state index in [-0.39, 0.29) is 6.29 Å². The lowest BCUT2D eigenvalue weighted by atomic mass is 9.76. The zero-order valence-corrected chi connectivity index (χ0v) is 16.2. The van der Waals surface area contributed by atoms with E-state index in [1.54, 1.807) is 12.7 Å². The maximum absolute atomic E-state index is 5.76. The fraction of sp³-hybridized carbons (Fsp3) is 0.739. The van der Waals surface area contributed by atoms with Gasteiger partial charge in [0.1, 0.15) is 0 Å². The zero-order chi connectivity index (χ0) is 17.5. The van der Waals surface area contributed by atoms with Crippen molar-refractivity contribution in [2.24, 2.45) is 11.8 Å². The lowest BCUT2D eigenvalue weighted by molar-refractivity contribution is -0.160. The lowest BCUT2D eigenvalue weighted by Crippen LogP contribution is -2.27. The van der Waals surface area contributed by atoms with Gasteiger partial charge in [0.25, 0.3) is 0 Å². The van der Waals surface area contributed by atoms with Gasteiger partial charge in [-0.15, -0.1) is 0 Å².